The van der Waals surface area contributed by atoms with Gasteiger partial charge in [-0.2, -0.15) is 11.8 Å². The number of aliphatic imine (C=N–C) groups is 1. The lowest BCUT2D eigenvalue weighted by Crippen LogP contribution is -2.51. The smallest absolute Gasteiger partial charge is 0.191 e. The molecule has 0 spiro atoms. The van der Waals surface area contributed by atoms with E-state index in [1.807, 2.05) is 7.05 Å². The molecule has 0 aromatic heterocycles. The van der Waals surface area contributed by atoms with E-state index in [0.29, 0.717) is 5.41 Å². The van der Waals surface area contributed by atoms with E-state index < -0.39 is 0 Å². The van der Waals surface area contributed by atoms with Gasteiger partial charge in [0.2, 0.25) is 0 Å². The monoisotopic (exact) mass is 385 g/mol. The van der Waals surface area contributed by atoms with Gasteiger partial charge in [-0.1, -0.05) is 6.92 Å². The number of nitrogens with zero attached hydrogens (tertiary/aromatic N) is 1. The quantitative estimate of drug-likeness (QED) is 0.439. The maximum absolute atomic E-state index is 5.24. The molecular formula is C12H24IN3OS. The molecular weight excluding hydrogens is 361 g/mol. The van der Waals surface area contributed by atoms with E-state index in [2.05, 4.69) is 34.3 Å². The molecule has 1 unspecified atom stereocenters. The SMILES string of the molecule is CN=C(NCC1CCCS1)NCC1(C)COC1.I. The number of rotatable bonds is 4. The van der Waals surface area contributed by atoms with Crippen molar-refractivity contribution in [2.24, 2.45) is 10.4 Å². The lowest BCUT2D eigenvalue weighted by atomic mass is 9.89. The molecule has 2 N–H and O–H groups in total. The van der Waals surface area contributed by atoms with E-state index in [0.717, 1.165) is 37.5 Å². The van der Waals surface area contributed by atoms with Crippen LogP contribution in [0.5, 0.6) is 0 Å². The Balaban J connectivity index is 0.00000162. The summed E-state index contributed by atoms with van der Waals surface area (Å²) in [7, 11) is 1.83. The molecule has 106 valence electrons. The number of guanidine groups is 1. The molecule has 2 fully saturated rings. The molecule has 6 heteroatoms. The van der Waals surface area contributed by atoms with E-state index in [1.54, 1.807) is 0 Å². The molecule has 2 aliphatic rings. The van der Waals surface area contributed by atoms with E-state index in [9.17, 15) is 0 Å². The Morgan fingerprint density at radius 1 is 1.44 bits per heavy atom. The summed E-state index contributed by atoms with van der Waals surface area (Å²) < 4.78 is 5.24. The van der Waals surface area contributed by atoms with Crippen LogP contribution in [0.15, 0.2) is 4.99 Å². The summed E-state index contributed by atoms with van der Waals surface area (Å²) in [6.45, 7) is 5.91. The fourth-order valence-electron chi connectivity index (χ4n) is 2.09. The number of hydrogen-bond donors (Lipinski definition) is 2. The fourth-order valence-corrected chi connectivity index (χ4v) is 3.29. The highest BCUT2D eigenvalue weighted by molar-refractivity contribution is 14.0. The van der Waals surface area contributed by atoms with Crippen LogP contribution < -0.4 is 10.6 Å². The van der Waals surface area contributed by atoms with Crippen molar-refractivity contribution < 1.29 is 4.74 Å². The van der Waals surface area contributed by atoms with Crippen molar-refractivity contribution in [3.63, 3.8) is 0 Å². The number of halogens is 1. The lowest BCUT2D eigenvalue weighted by molar-refractivity contribution is -0.0971. The summed E-state index contributed by atoms with van der Waals surface area (Å²) in [5.41, 5.74) is 0.291. The van der Waals surface area contributed by atoms with Gasteiger partial charge in [0, 0.05) is 30.8 Å². The minimum atomic E-state index is 0. The van der Waals surface area contributed by atoms with Crippen LogP contribution in [0.1, 0.15) is 19.8 Å². The average Bonchev–Trinajstić information content (AvgIpc) is 2.80. The van der Waals surface area contributed by atoms with Gasteiger partial charge in [-0.15, -0.1) is 24.0 Å². The largest absolute Gasteiger partial charge is 0.380 e. The summed E-state index contributed by atoms with van der Waals surface area (Å²) in [5.74, 6) is 2.24. The maximum atomic E-state index is 5.24. The molecule has 2 rings (SSSR count). The van der Waals surface area contributed by atoms with Gasteiger partial charge < -0.3 is 15.4 Å². The highest BCUT2D eigenvalue weighted by atomic mass is 127. The molecule has 0 bridgehead atoms. The minimum absolute atomic E-state index is 0. The Bertz CT molecular complexity index is 278. The minimum Gasteiger partial charge on any atom is -0.380 e. The van der Waals surface area contributed by atoms with Gasteiger partial charge in [0.15, 0.2) is 5.96 Å². The predicted molar refractivity (Wildman–Crippen MR) is 89.2 cm³/mol. The molecule has 0 aromatic rings. The van der Waals surface area contributed by atoms with Gasteiger partial charge in [-0.25, -0.2) is 0 Å². The number of hydrogen-bond acceptors (Lipinski definition) is 3. The highest BCUT2D eigenvalue weighted by Crippen LogP contribution is 2.26. The Morgan fingerprint density at radius 3 is 2.72 bits per heavy atom. The van der Waals surface area contributed by atoms with Crippen LogP contribution in [0.2, 0.25) is 0 Å². The number of ether oxygens (including phenoxy) is 1. The van der Waals surface area contributed by atoms with Crippen molar-refractivity contribution in [2.75, 3.05) is 39.1 Å². The molecule has 0 aliphatic carbocycles. The zero-order chi connectivity index (χ0) is 12.1. The normalized spacial score (nSPS) is 26.1. The van der Waals surface area contributed by atoms with E-state index in [-0.39, 0.29) is 24.0 Å². The fraction of sp³-hybridized carbons (Fsp3) is 0.917. The third-order valence-corrected chi connectivity index (χ3v) is 4.73. The van der Waals surface area contributed by atoms with Crippen molar-refractivity contribution in [2.45, 2.75) is 25.0 Å². The molecule has 4 nitrogen and oxygen atoms in total. The van der Waals surface area contributed by atoms with Crippen molar-refractivity contribution in [1.29, 1.82) is 0 Å². The van der Waals surface area contributed by atoms with Crippen molar-refractivity contribution >= 4 is 41.7 Å². The first kappa shape index (κ1) is 16.4. The van der Waals surface area contributed by atoms with Crippen LogP contribution >= 0.6 is 35.7 Å². The molecule has 0 saturated carbocycles. The van der Waals surface area contributed by atoms with Gasteiger partial charge >= 0.3 is 0 Å². The first-order valence-electron chi connectivity index (χ1n) is 6.36. The van der Waals surface area contributed by atoms with Crippen LogP contribution in [0.4, 0.5) is 0 Å². The van der Waals surface area contributed by atoms with Gasteiger partial charge in [-0.05, 0) is 18.6 Å². The van der Waals surface area contributed by atoms with Crippen LogP contribution in [-0.4, -0.2) is 50.3 Å². The van der Waals surface area contributed by atoms with Crippen molar-refractivity contribution in [3.8, 4) is 0 Å². The summed E-state index contributed by atoms with van der Waals surface area (Å²) >= 11 is 2.07. The Morgan fingerprint density at radius 2 is 2.22 bits per heavy atom. The molecule has 2 saturated heterocycles. The van der Waals surface area contributed by atoms with Crippen LogP contribution in [0.25, 0.3) is 0 Å². The second-order valence-corrected chi connectivity index (χ2v) is 6.65. The average molecular weight is 385 g/mol. The number of nitrogens with one attached hydrogen (secondary N) is 2. The van der Waals surface area contributed by atoms with Gasteiger partial charge in [0.25, 0.3) is 0 Å². The third kappa shape index (κ3) is 4.77. The zero-order valence-corrected chi connectivity index (χ0v) is 14.3. The Kier molecular flexibility index (Phi) is 7.08. The van der Waals surface area contributed by atoms with E-state index >= 15 is 0 Å². The van der Waals surface area contributed by atoms with E-state index in [4.69, 9.17) is 4.74 Å². The standard InChI is InChI=1S/C12H23N3OS.HI/c1-12(8-16-9-12)7-15-11(13-2)14-6-10-4-3-5-17-10;/h10H,3-9H2,1-2H3,(H2,13,14,15);1H. The molecule has 18 heavy (non-hydrogen) atoms. The highest BCUT2D eigenvalue weighted by Gasteiger charge is 2.33. The first-order chi connectivity index (χ1) is 8.22. The summed E-state index contributed by atoms with van der Waals surface area (Å²) in [6.07, 6.45) is 2.69. The van der Waals surface area contributed by atoms with Crippen molar-refractivity contribution in [1.82, 2.24) is 10.6 Å². The Hall–Kier alpha value is 0.310. The molecule has 2 heterocycles. The second kappa shape index (κ2) is 7.79. The predicted octanol–water partition coefficient (Wildman–Crippen LogP) is 1.70. The molecule has 0 radical (unpaired) electrons. The zero-order valence-electron chi connectivity index (χ0n) is 11.2. The molecule has 1 atom stereocenters. The molecule has 2 aliphatic heterocycles. The van der Waals surface area contributed by atoms with E-state index in [1.165, 1.54) is 18.6 Å². The molecule has 0 amide bonds. The number of thioether (sulfide) groups is 1. The lowest BCUT2D eigenvalue weighted by Gasteiger charge is -2.38. The molecule has 0 aromatic carbocycles. The van der Waals surface area contributed by atoms with Gasteiger partial charge in [0.05, 0.1) is 13.2 Å². The Labute approximate surface area is 131 Å². The van der Waals surface area contributed by atoms with Crippen molar-refractivity contribution in [3.05, 3.63) is 0 Å². The van der Waals surface area contributed by atoms with Crippen LogP contribution in [0.3, 0.4) is 0 Å². The summed E-state index contributed by atoms with van der Waals surface area (Å²) in [4.78, 5) is 4.25. The van der Waals surface area contributed by atoms with Crippen LogP contribution in [-0.2, 0) is 4.74 Å². The van der Waals surface area contributed by atoms with Crippen LogP contribution in [0, 0.1) is 5.41 Å². The van der Waals surface area contributed by atoms with Gasteiger partial charge in [0.1, 0.15) is 0 Å². The van der Waals surface area contributed by atoms with Gasteiger partial charge in [-0.3, -0.25) is 4.99 Å². The first-order valence-corrected chi connectivity index (χ1v) is 7.41. The second-order valence-electron chi connectivity index (χ2n) is 5.25. The topological polar surface area (TPSA) is 45.7 Å². The maximum Gasteiger partial charge on any atom is 0.191 e. The third-order valence-electron chi connectivity index (χ3n) is 3.33. The summed E-state index contributed by atoms with van der Waals surface area (Å²) in [6, 6.07) is 0. The summed E-state index contributed by atoms with van der Waals surface area (Å²) in [5, 5.41) is 7.56.